The van der Waals surface area contributed by atoms with Gasteiger partial charge in [-0.2, -0.15) is 11.8 Å². The van der Waals surface area contributed by atoms with Crippen molar-refractivity contribution in [1.29, 1.82) is 0 Å². The van der Waals surface area contributed by atoms with Gasteiger partial charge < -0.3 is 10.6 Å². The van der Waals surface area contributed by atoms with Gasteiger partial charge in [-0.25, -0.2) is 4.39 Å². The summed E-state index contributed by atoms with van der Waals surface area (Å²) in [5, 5.41) is 0. The molecule has 1 aromatic rings. The van der Waals surface area contributed by atoms with Crippen LogP contribution in [0.25, 0.3) is 0 Å². The van der Waals surface area contributed by atoms with Gasteiger partial charge in [-0.05, 0) is 49.1 Å². The second-order valence-corrected chi connectivity index (χ2v) is 5.25. The first kappa shape index (κ1) is 14.3. The van der Waals surface area contributed by atoms with Crippen LogP contribution in [0.4, 0.5) is 10.1 Å². The van der Waals surface area contributed by atoms with E-state index >= 15 is 0 Å². The average molecular weight is 256 g/mol. The molecular weight excluding hydrogens is 235 g/mol. The van der Waals surface area contributed by atoms with Crippen LogP contribution in [-0.2, 0) is 0 Å². The van der Waals surface area contributed by atoms with Crippen molar-refractivity contribution < 1.29 is 4.39 Å². The zero-order valence-electron chi connectivity index (χ0n) is 10.7. The highest BCUT2D eigenvalue weighted by Crippen LogP contribution is 2.25. The Morgan fingerprint density at radius 2 is 2.18 bits per heavy atom. The molecule has 1 rings (SSSR count). The lowest BCUT2D eigenvalue weighted by atomic mass is 10.1. The van der Waals surface area contributed by atoms with Gasteiger partial charge in [-0.1, -0.05) is 0 Å². The first-order valence-corrected chi connectivity index (χ1v) is 7.20. The van der Waals surface area contributed by atoms with Gasteiger partial charge in [0.1, 0.15) is 5.82 Å². The first-order chi connectivity index (χ1) is 8.06. The van der Waals surface area contributed by atoms with Crippen LogP contribution < -0.4 is 10.6 Å². The van der Waals surface area contributed by atoms with E-state index in [-0.39, 0.29) is 11.9 Å². The minimum absolute atomic E-state index is 0.149. The van der Waals surface area contributed by atoms with Gasteiger partial charge in [-0.3, -0.25) is 0 Å². The standard InChI is InChI=1S/C13H21FN2S/c1-10(15)12-9-11(14)5-6-13(12)16(2)7-4-8-17-3/h5-6,9-10H,4,7-8,15H2,1-3H3. The number of benzene rings is 1. The van der Waals surface area contributed by atoms with E-state index in [9.17, 15) is 4.39 Å². The lowest BCUT2D eigenvalue weighted by Gasteiger charge is -2.24. The summed E-state index contributed by atoms with van der Waals surface area (Å²) in [5.74, 6) is 0.914. The number of hydrogen-bond donors (Lipinski definition) is 1. The predicted molar refractivity (Wildman–Crippen MR) is 75.3 cm³/mol. The maximum Gasteiger partial charge on any atom is 0.123 e. The maximum absolute atomic E-state index is 13.2. The summed E-state index contributed by atoms with van der Waals surface area (Å²) in [7, 11) is 2.03. The van der Waals surface area contributed by atoms with E-state index < -0.39 is 0 Å². The van der Waals surface area contributed by atoms with Crippen LogP contribution in [0, 0.1) is 5.82 Å². The van der Waals surface area contributed by atoms with Crippen molar-refractivity contribution in [3.05, 3.63) is 29.6 Å². The van der Waals surface area contributed by atoms with Gasteiger partial charge in [0.2, 0.25) is 0 Å². The number of rotatable bonds is 6. The van der Waals surface area contributed by atoms with Crippen LogP contribution in [0.15, 0.2) is 18.2 Å². The van der Waals surface area contributed by atoms with Gasteiger partial charge in [0.15, 0.2) is 0 Å². The van der Waals surface area contributed by atoms with Gasteiger partial charge in [-0.15, -0.1) is 0 Å². The highest BCUT2D eigenvalue weighted by Gasteiger charge is 2.11. The second kappa shape index (κ2) is 6.87. The van der Waals surface area contributed by atoms with Crippen LogP contribution in [0.3, 0.4) is 0 Å². The zero-order valence-corrected chi connectivity index (χ0v) is 11.6. The van der Waals surface area contributed by atoms with Crippen LogP contribution in [0.2, 0.25) is 0 Å². The fraction of sp³-hybridized carbons (Fsp3) is 0.538. The first-order valence-electron chi connectivity index (χ1n) is 5.81. The minimum atomic E-state index is -0.224. The summed E-state index contributed by atoms with van der Waals surface area (Å²) in [4.78, 5) is 2.15. The summed E-state index contributed by atoms with van der Waals surface area (Å²) in [6.07, 6.45) is 3.22. The van der Waals surface area contributed by atoms with Crippen molar-refractivity contribution in [2.45, 2.75) is 19.4 Å². The molecule has 0 aliphatic carbocycles. The second-order valence-electron chi connectivity index (χ2n) is 4.26. The van der Waals surface area contributed by atoms with E-state index in [1.165, 1.54) is 12.1 Å². The molecule has 1 aromatic carbocycles. The topological polar surface area (TPSA) is 29.3 Å². The van der Waals surface area contributed by atoms with Gasteiger partial charge >= 0.3 is 0 Å². The highest BCUT2D eigenvalue weighted by atomic mass is 32.2. The summed E-state index contributed by atoms with van der Waals surface area (Å²) in [5.41, 5.74) is 7.78. The molecule has 0 radical (unpaired) electrons. The Balaban J connectivity index is 2.81. The molecule has 1 unspecified atom stereocenters. The van der Waals surface area contributed by atoms with Gasteiger partial charge in [0.25, 0.3) is 0 Å². The third-order valence-corrected chi connectivity index (χ3v) is 3.43. The Bertz CT molecular complexity index is 355. The Kier molecular flexibility index (Phi) is 5.78. The summed E-state index contributed by atoms with van der Waals surface area (Å²) < 4.78 is 13.2. The third-order valence-electron chi connectivity index (χ3n) is 2.73. The Morgan fingerprint density at radius 3 is 2.76 bits per heavy atom. The molecule has 0 aliphatic heterocycles. The minimum Gasteiger partial charge on any atom is -0.374 e. The van der Waals surface area contributed by atoms with Crippen molar-refractivity contribution in [3.8, 4) is 0 Å². The van der Waals surface area contributed by atoms with Gasteiger partial charge in [0.05, 0.1) is 0 Å². The molecule has 0 saturated carbocycles. The normalized spacial score (nSPS) is 12.5. The van der Waals surface area contributed by atoms with E-state index in [2.05, 4.69) is 11.2 Å². The van der Waals surface area contributed by atoms with Crippen LogP contribution in [0.1, 0.15) is 24.9 Å². The number of nitrogens with two attached hydrogens (primary N) is 1. The molecule has 1 atom stereocenters. The molecule has 2 N–H and O–H groups in total. The molecule has 0 amide bonds. The monoisotopic (exact) mass is 256 g/mol. The zero-order chi connectivity index (χ0) is 12.8. The van der Waals surface area contributed by atoms with Gasteiger partial charge in [0, 0.05) is 25.3 Å². The SMILES string of the molecule is CSCCCN(C)c1ccc(F)cc1C(C)N. The van der Waals surface area contributed by atoms with E-state index in [1.54, 1.807) is 0 Å². The van der Waals surface area contributed by atoms with E-state index in [0.29, 0.717) is 0 Å². The van der Waals surface area contributed by atoms with Crippen molar-refractivity contribution in [2.75, 3.05) is 30.5 Å². The number of hydrogen-bond acceptors (Lipinski definition) is 3. The Morgan fingerprint density at radius 1 is 1.47 bits per heavy atom. The summed E-state index contributed by atoms with van der Waals surface area (Å²) >= 11 is 1.84. The molecule has 0 aromatic heterocycles. The highest BCUT2D eigenvalue weighted by molar-refractivity contribution is 7.98. The molecule has 0 saturated heterocycles. The average Bonchev–Trinajstić information content (AvgIpc) is 2.29. The number of anilines is 1. The Labute approximate surface area is 107 Å². The van der Waals surface area contributed by atoms with E-state index in [1.807, 2.05) is 31.8 Å². The fourth-order valence-corrected chi connectivity index (χ4v) is 2.22. The van der Waals surface area contributed by atoms with Crippen molar-refractivity contribution in [1.82, 2.24) is 0 Å². The molecule has 0 heterocycles. The molecule has 2 nitrogen and oxygen atoms in total. The van der Waals surface area contributed by atoms with Crippen LogP contribution >= 0.6 is 11.8 Å². The number of thioether (sulfide) groups is 1. The fourth-order valence-electron chi connectivity index (χ4n) is 1.80. The number of nitrogens with zero attached hydrogens (tertiary/aromatic N) is 1. The largest absolute Gasteiger partial charge is 0.374 e. The van der Waals surface area contributed by atoms with Crippen molar-refractivity contribution in [2.24, 2.45) is 5.73 Å². The molecule has 17 heavy (non-hydrogen) atoms. The van der Waals surface area contributed by atoms with Crippen molar-refractivity contribution >= 4 is 17.4 Å². The lowest BCUT2D eigenvalue weighted by Crippen LogP contribution is -2.22. The van der Waals surface area contributed by atoms with E-state index in [0.717, 1.165) is 30.0 Å². The lowest BCUT2D eigenvalue weighted by molar-refractivity contribution is 0.621. The third kappa shape index (κ3) is 4.21. The molecule has 96 valence electrons. The van der Waals surface area contributed by atoms with Crippen LogP contribution in [0.5, 0.6) is 0 Å². The van der Waals surface area contributed by atoms with Crippen molar-refractivity contribution in [3.63, 3.8) is 0 Å². The summed E-state index contributed by atoms with van der Waals surface area (Å²) in [6.45, 7) is 2.85. The molecule has 0 fully saturated rings. The maximum atomic E-state index is 13.2. The molecule has 0 spiro atoms. The summed E-state index contributed by atoms with van der Waals surface area (Å²) in [6, 6.07) is 4.69. The van der Waals surface area contributed by atoms with Crippen LogP contribution in [-0.4, -0.2) is 25.6 Å². The molecular formula is C13H21FN2S. The molecule has 0 aliphatic rings. The number of halogens is 1. The smallest absolute Gasteiger partial charge is 0.123 e. The molecule has 4 heteroatoms. The predicted octanol–water partition coefficient (Wildman–Crippen LogP) is 3.03. The quantitative estimate of drug-likeness (QED) is 0.793. The molecule has 0 bridgehead atoms. The Hall–Kier alpha value is -0.740. The van der Waals surface area contributed by atoms with E-state index in [4.69, 9.17) is 5.73 Å².